The molecule has 1 aliphatic heterocycles. The summed E-state index contributed by atoms with van der Waals surface area (Å²) >= 11 is 12.5. The molecule has 150 valence electrons. The number of rotatable bonds is 6. The van der Waals surface area contributed by atoms with Gasteiger partial charge in [-0.25, -0.2) is 0 Å². The molecule has 1 amide bonds. The van der Waals surface area contributed by atoms with Gasteiger partial charge in [-0.05, 0) is 37.2 Å². The minimum Gasteiger partial charge on any atom is -0.378 e. The van der Waals surface area contributed by atoms with Crippen LogP contribution >= 0.6 is 23.2 Å². The van der Waals surface area contributed by atoms with Crippen molar-refractivity contribution in [3.05, 3.63) is 57.6 Å². The van der Waals surface area contributed by atoms with Crippen LogP contribution in [0, 0.1) is 6.92 Å². The van der Waals surface area contributed by atoms with E-state index in [0.29, 0.717) is 22.3 Å². The molecule has 0 atom stereocenters. The number of carbonyl (C=O) groups is 1. The summed E-state index contributed by atoms with van der Waals surface area (Å²) in [4.78, 5) is 16.8. The maximum absolute atomic E-state index is 12.5. The summed E-state index contributed by atoms with van der Waals surface area (Å²) in [6, 6.07) is 11.9. The van der Waals surface area contributed by atoms with E-state index in [1.165, 1.54) is 11.3 Å². The second kappa shape index (κ2) is 9.61. The number of nitrogens with zero attached hydrogens (tertiary/aromatic N) is 2. The van der Waals surface area contributed by atoms with Gasteiger partial charge < -0.3 is 15.0 Å². The van der Waals surface area contributed by atoms with Crippen molar-refractivity contribution in [1.29, 1.82) is 0 Å². The number of amides is 1. The van der Waals surface area contributed by atoms with Crippen molar-refractivity contribution >= 4 is 40.5 Å². The molecule has 0 aliphatic carbocycles. The van der Waals surface area contributed by atoms with E-state index in [4.69, 9.17) is 27.9 Å². The first-order valence-corrected chi connectivity index (χ1v) is 10.0. The summed E-state index contributed by atoms with van der Waals surface area (Å²) in [5.41, 5.74) is 3.72. The Morgan fingerprint density at radius 3 is 2.64 bits per heavy atom. The van der Waals surface area contributed by atoms with Gasteiger partial charge >= 0.3 is 0 Å². The summed E-state index contributed by atoms with van der Waals surface area (Å²) < 4.78 is 5.45. The number of nitrogens with one attached hydrogen (secondary N) is 1. The minimum absolute atomic E-state index is 0.152. The smallest absolute Gasteiger partial charge is 0.238 e. The minimum atomic E-state index is -0.152. The van der Waals surface area contributed by atoms with Gasteiger partial charge in [-0.2, -0.15) is 0 Å². The number of morpholine rings is 1. The molecule has 7 heteroatoms. The molecular formula is C21H25Cl2N3O2. The zero-order valence-corrected chi connectivity index (χ0v) is 17.7. The topological polar surface area (TPSA) is 44.8 Å². The van der Waals surface area contributed by atoms with Gasteiger partial charge in [-0.1, -0.05) is 47.5 Å². The largest absolute Gasteiger partial charge is 0.378 e. The molecule has 1 heterocycles. The highest BCUT2D eigenvalue weighted by Gasteiger charge is 2.17. The van der Waals surface area contributed by atoms with Gasteiger partial charge in [0.1, 0.15) is 0 Å². The zero-order valence-electron chi connectivity index (χ0n) is 16.2. The first-order chi connectivity index (χ1) is 13.5. The molecule has 0 bridgehead atoms. The summed E-state index contributed by atoms with van der Waals surface area (Å²) in [5.74, 6) is -0.152. The maximum Gasteiger partial charge on any atom is 0.238 e. The molecule has 0 spiro atoms. The van der Waals surface area contributed by atoms with Crippen molar-refractivity contribution in [2.24, 2.45) is 0 Å². The summed E-state index contributed by atoms with van der Waals surface area (Å²) in [6.07, 6.45) is 0. The Morgan fingerprint density at radius 2 is 1.89 bits per heavy atom. The molecule has 1 saturated heterocycles. The first kappa shape index (κ1) is 20.9. The average Bonchev–Trinajstić information content (AvgIpc) is 2.69. The Morgan fingerprint density at radius 1 is 1.18 bits per heavy atom. The van der Waals surface area contributed by atoms with Gasteiger partial charge in [-0.15, -0.1) is 0 Å². The van der Waals surface area contributed by atoms with Gasteiger partial charge in [0.25, 0.3) is 0 Å². The molecule has 5 nitrogen and oxygen atoms in total. The van der Waals surface area contributed by atoms with Crippen LogP contribution in [0.5, 0.6) is 0 Å². The molecule has 1 aliphatic rings. The SMILES string of the molecule is Cc1ccc(Cl)c(NC(=O)CN(C)Cc2ccccc2N2CCOCC2)c1Cl. The quantitative estimate of drug-likeness (QED) is 0.758. The van der Waals surface area contributed by atoms with Gasteiger partial charge in [0.15, 0.2) is 0 Å². The number of halogens is 2. The van der Waals surface area contributed by atoms with E-state index in [9.17, 15) is 4.79 Å². The number of hydrogen-bond donors (Lipinski definition) is 1. The van der Waals surface area contributed by atoms with Crippen LogP contribution in [-0.4, -0.2) is 50.7 Å². The van der Waals surface area contributed by atoms with Crippen LogP contribution < -0.4 is 10.2 Å². The van der Waals surface area contributed by atoms with Crippen molar-refractivity contribution in [3.8, 4) is 0 Å². The van der Waals surface area contributed by atoms with Crippen molar-refractivity contribution in [1.82, 2.24) is 4.90 Å². The Balaban J connectivity index is 1.64. The van der Waals surface area contributed by atoms with Crippen LogP contribution in [0.3, 0.4) is 0 Å². The van der Waals surface area contributed by atoms with Crippen molar-refractivity contribution in [3.63, 3.8) is 0 Å². The molecule has 2 aromatic rings. The summed E-state index contributed by atoms with van der Waals surface area (Å²) in [5, 5.41) is 3.75. The lowest BCUT2D eigenvalue weighted by Crippen LogP contribution is -2.37. The molecule has 1 N–H and O–H groups in total. The average molecular weight is 422 g/mol. The highest BCUT2D eigenvalue weighted by molar-refractivity contribution is 6.40. The van der Waals surface area contributed by atoms with Gasteiger partial charge in [0, 0.05) is 25.3 Å². The van der Waals surface area contributed by atoms with E-state index < -0.39 is 0 Å². The number of para-hydroxylation sites is 1. The number of carbonyl (C=O) groups excluding carboxylic acids is 1. The standard InChI is InChI=1S/C21H25Cl2N3O2/c1-15-7-8-17(22)21(20(15)23)24-19(27)14-25(2)13-16-5-3-4-6-18(16)26-9-11-28-12-10-26/h3-8H,9-14H2,1-2H3,(H,24,27). The maximum atomic E-state index is 12.5. The fourth-order valence-electron chi connectivity index (χ4n) is 3.30. The zero-order chi connectivity index (χ0) is 20.1. The van der Waals surface area contributed by atoms with Crippen LogP contribution in [0.15, 0.2) is 36.4 Å². The van der Waals surface area contributed by atoms with Gasteiger partial charge in [0.05, 0.1) is 35.5 Å². The monoisotopic (exact) mass is 421 g/mol. The van der Waals surface area contributed by atoms with E-state index in [1.54, 1.807) is 6.07 Å². The fraction of sp³-hybridized carbons (Fsp3) is 0.381. The predicted octanol–water partition coefficient (Wildman–Crippen LogP) is 4.21. The van der Waals surface area contributed by atoms with E-state index in [0.717, 1.165) is 31.9 Å². The highest BCUT2D eigenvalue weighted by atomic mass is 35.5. The molecule has 0 saturated carbocycles. The number of benzene rings is 2. The third-order valence-corrected chi connectivity index (χ3v) is 5.55. The molecule has 2 aromatic carbocycles. The number of aryl methyl sites for hydroxylation is 1. The molecule has 1 fully saturated rings. The highest BCUT2D eigenvalue weighted by Crippen LogP contribution is 2.32. The van der Waals surface area contributed by atoms with Crippen LogP contribution in [-0.2, 0) is 16.1 Å². The van der Waals surface area contributed by atoms with Crippen LogP contribution in [0.1, 0.15) is 11.1 Å². The Kier molecular flexibility index (Phi) is 7.18. The summed E-state index contributed by atoms with van der Waals surface area (Å²) in [6.45, 7) is 6.02. The molecule has 0 radical (unpaired) electrons. The molecular weight excluding hydrogens is 397 g/mol. The number of hydrogen-bond acceptors (Lipinski definition) is 4. The van der Waals surface area contributed by atoms with E-state index >= 15 is 0 Å². The lowest BCUT2D eigenvalue weighted by molar-refractivity contribution is -0.117. The van der Waals surface area contributed by atoms with E-state index in [2.05, 4.69) is 22.3 Å². The van der Waals surface area contributed by atoms with Crippen LogP contribution in [0.2, 0.25) is 10.0 Å². The Labute approximate surface area is 176 Å². The lowest BCUT2D eigenvalue weighted by Gasteiger charge is -2.31. The second-order valence-corrected chi connectivity index (χ2v) is 7.79. The summed E-state index contributed by atoms with van der Waals surface area (Å²) in [7, 11) is 1.93. The number of likely N-dealkylation sites (N-methyl/N-ethyl adjacent to an activating group) is 1. The Bertz CT molecular complexity index is 838. The number of anilines is 2. The third kappa shape index (κ3) is 5.17. The van der Waals surface area contributed by atoms with Gasteiger partial charge in [0.2, 0.25) is 5.91 Å². The van der Waals surface area contributed by atoms with Crippen molar-refractivity contribution < 1.29 is 9.53 Å². The Hall–Kier alpha value is -1.79. The first-order valence-electron chi connectivity index (χ1n) is 9.29. The number of ether oxygens (including phenoxy) is 1. The molecule has 28 heavy (non-hydrogen) atoms. The van der Waals surface area contributed by atoms with Crippen molar-refractivity contribution in [2.75, 3.05) is 50.1 Å². The second-order valence-electron chi connectivity index (χ2n) is 7.00. The van der Waals surface area contributed by atoms with Crippen LogP contribution in [0.25, 0.3) is 0 Å². The van der Waals surface area contributed by atoms with E-state index in [1.807, 2.05) is 37.1 Å². The predicted molar refractivity (Wildman–Crippen MR) is 116 cm³/mol. The lowest BCUT2D eigenvalue weighted by atomic mass is 10.1. The molecule has 3 rings (SSSR count). The molecule has 0 aromatic heterocycles. The molecule has 0 unspecified atom stereocenters. The third-order valence-electron chi connectivity index (χ3n) is 4.75. The fourth-order valence-corrected chi connectivity index (χ4v) is 3.76. The van der Waals surface area contributed by atoms with E-state index in [-0.39, 0.29) is 12.5 Å². The van der Waals surface area contributed by atoms with Crippen molar-refractivity contribution in [2.45, 2.75) is 13.5 Å². The van der Waals surface area contributed by atoms with Gasteiger partial charge in [-0.3, -0.25) is 9.69 Å². The van der Waals surface area contributed by atoms with Crippen LogP contribution in [0.4, 0.5) is 11.4 Å². The normalized spacial score (nSPS) is 14.4.